The molecule has 0 radical (unpaired) electrons. The predicted molar refractivity (Wildman–Crippen MR) is 86.5 cm³/mol. The highest BCUT2D eigenvalue weighted by molar-refractivity contribution is 5.83. The van der Waals surface area contributed by atoms with Crippen molar-refractivity contribution in [2.45, 2.75) is 32.2 Å². The summed E-state index contributed by atoms with van der Waals surface area (Å²) in [7, 11) is 3.11. The third-order valence-electron chi connectivity index (χ3n) is 3.54. The van der Waals surface area contributed by atoms with Gasteiger partial charge in [-0.3, -0.25) is 4.79 Å². The van der Waals surface area contributed by atoms with Gasteiger partial charge < -0.3 is 19.9 Å². The van der Waals surface area contributed by atoms with Crippen molar-refractivity contribution in [1.29, 1.82) is 0 Å². The number of carbonyl (C=O) groups excluding carboxylic acids is 1. The second-order valence-electron chi connectivity index (χ2n) is 5.57. The number of carbonyl (C=O) groups is 2. The summed E-state index contributed by atoms with van der Waals surface area (Å²) >= 11 is 0. The Bertz CT molecular complexity index is 517. The fourth-order valence-corrected chi connectivity index (χ4v) is 2.38. The summed E-state index contributed by atoms with van der Waals surface area (Å²) in [5, 5.41) is 11.6. The highest BCUT2D eigenvalue weighted by atomic mass is 16.5. The number of carboxylic acid groups (broad SMARTS) is 1. The van der Waals surface area contributed by atoms with Gasteiger partial charge >= 0.3 is 5.97 Å². The molecule has 0 aliphatic carbocycles. The minimum absolute atomic E-state index is 0.0724. The monoisotopic (exact) mass is 323 g/mol. The number of carboxylic acids is 1. The Labute approximate surface area is 136 Å². The molecule has 6 heteroatoms. The van der Waals surface area contributed by atoms with Crippen LogP contribution in [-0.2, 0) is 20.7 Å². The summed E-state index contributed by atoms with van der Waals surface area (Å²) < 4.78 is 10.2. The summed E-state index contributed by atoms with van der Waals surface area (Å²) in [4.78, 5) is 23.1. The van der Waals surface area contributed by atoms with Crippen molar-refractivity contribution in [3.05, 3.63) is 29.8 Å². The van der Waals surface area contributed by atoms with Crippen LogP contribution in [0.4, 0.5) is 0 Å². The number of amides is 1. The molecule has 23 heavy (non-hydrogen) atoms. The predicted octanol–water partition coefficient (Wildman–Crippen LogP) is 1.87. The van der Waals surface area contributed by atoms with Crippen LogP contribution in [0.3, 0.4) is 0 Å². The fraction of sp³-hybridized carbons (Fsp3) is 0.529. The average molecular weight is 323 g/mol. The van der Waals surface area contributed by atoms with E-state index in [0.717, 1.165) is 11.3 Å². The van der Waals surface area contributed by atoms with E-state index in [1.54, 1.807) is 7.11 Å². The third kappa shape index (κ3) is 6.69. The molecule has 0 aliphatic rings. The highest BCUT2D eigenvalue weighted by Gasteiger charge is 2.21. The van der Waals surface area contributed by atoms with E-state index in [0.29, 0.717) is 6.42 Å². The van der Waals surface area contributed by atoms with E-state index in [4.69, 9.17) is 14.6 Å². The van der Waals surface area contributed by atoms with E-state index in [1.807, 2.05) is 31.2 Å². The molecule has 2 unspecified atom stereocenters. The van der Waals surface area contributed by atoms with E-state index in [9.17, 15) is 9.59 Å². The fourth-order valence-electron chi connectivity index (χ4n) is 2.38. The number of rotatable bonds is 10. The van der Waals surface area contributed by atoms with E-state index in [2.05, 4.69) is 5.32 Å². The Balaban J connectivity index is 2.53. The SMILES string of the molecule is COCCC(NC(=O)CC(C)Cc1ccccc1OC)C(=O)O. The van der Waals surface area contributed by atoms with Crippen molar-refractivity contribution in [2.75, 3.05) is 20.8 Å². The number of methoxy groups -OCH3 is 2. The van der Waals surface area contributed by atoms with E-state index >= 15 is 0 Å². The van der Waals surface area contributed by atoms with Crippen LogP contribution in [0.15, 0.2) is 24.3 Å². The normalized spacial score (nSPS) is 13.2. The largest absolute Gasteiger partial charge is 0.496 e. The molecule has 1 aromatic carbocycles. The average Bonchev–Trinajstić information content (AvgIpc) is 2.51. The van der Waals surface area contributed by atoms with Gasteiger partial charge in [0.25, 0.3) is 0 Å². The van der Waals surface area contributed by atoms with Crippen LogP contribution < -0.4 is 10.1 Å². The molecular formula is C17H25NO5. The molecule has 2 N–H and O–H groups in total. The van der Waals surface area contributed by atoms with Crippen LogP contribution in [0.2, 0.25) is 0 Å². The van der Waals surface area contributed by atoms with Crippen LogP contribution in [0.1, 0.15) is 25.3 Å². The van der Waals surface area contributed by atoms with Gasteiger partial charge in [-0.2, -0.15) is 0 Å². The van der Waals surface area contributed by atoms with Gasteiger partial charge in [0.15, 0.2) is 0 Å². The Hall–Kier alpha value is -2.08. The molecule has 0 heterocycles. The van der Waals surface area contributed by atoms with Crippen molar-refractivity contribution in [2.24, 2.45) is 5.92 Å². The molecule has 0 saturated carbocycles. The molecular weight excluding hydrogens is 298 g/mol. The lowest BCUT2D eigenvalue weighted by Gasteiger charge is -2.17. The van der Waals surface area contributed by atoms with Gasteiger partial charge in [-0.05, 0) is 24.0 Å². The van der Waals surface area contributed by atoms with Crippen LogP contribution in [0.25, 0.3) is 0 Å². The first kappa shape index (κ1) is 19.0. The molecule has 0 spiro atoms. The maximum absolute atomic E-state index is 12.0. The Morgan fingerprint density at radius 2 is 1.96 bits per heavy atom. The Morgan fingerprint density at radius 1 is 1.26 bits per heavy atom. The van der Waals surface area contributed by atoms with Crippen molar-refractivity contribution >= 4 is 11.9 Å². The molecule has 1 aromatic rings. The number of aliphatic carboxylic acids is 1. The van der Waals surface area contributed by atoms with Gasteiger partial charge in [0.1, 0.15) is 11.8 Å². The molecule has 0 aromatic heterocycles. The lowest BCUT2D eigenvalue weighted by Crippen LogP contribution is -2.42. The second-order valence-corrected chi connectivity index (χ2v) is 5.57. The standard InChI is InChI=1S/C17H25NO5/c1-12(10-13-6-4-5-7-15(13)23-3)11-16(19)18-14(17(20)21)8-9-22-2/h4-7,12,14H,8-11H2,1-3H3,(H,18,19)(H,20,21). The van der Waals surface area contributed by atoms with Crippen molar-refractivity contribution < 1.29 is 24.2 Å². The number of ether oxygens (including phenoxy) is 2. The Kier molecular flexibility index (Phi) is 8.11. The molecule has 0 saturated heterocycles. The minimum atomic E-state index is -1.05. The molecule has 0 bridgehead atoms. The molecule has 128 valence electrons. The quantitative estimate of drug-likeness (QED) is 0.686. The smallest absolute Gasteiger partial charge is 0.326 e. The number of hydrogen-bond acceptors (Lipinski definition) is 4. The zero-order valence-corrected chi connectivity index (χ0v) is 13.9. The second kappa shape index (κ2) is 9.84. The summed E-state index contributed by atoms with van der Waals surface area (Å²) in [6.45, 7) is 2.24. The van der Waals surface area contributed by atoms with Crippen molar-refractivity contribution in [3.8, 4) is 5.75 Å². The van der Waals surface area contributed by atoms with Crippen LogP contribution in [0.5, 0.6) is 5.75 Å². The summed E-state index contributed by atoms with van der Waals surface area (Å²) in [6.07, 6.45) is 1.19. The van der Waals surface area contributed by atoms with Gasteiger partial charge in [-0.25, -0.2) is 4.79 Å². The van der Waals surface area contributed by atoms with Gasteiger partial charge in [0.2, 0.25) is 5.91 Å². The highest BCUT2D eigenvalue weighted by Crippen LogP contribution is 2.22. The lowest BCUT2D eigenvalue weighted by atomic mass is 9.97. The van der Waals surface area contributed by atoms with Crippen molar-refractivity contribution in [3.63, 3.8) is 0 Å². The van der Waals surface area contributed by atoms with Gasteiger partial charge in [0, 0.05) is 26.6 Å². The van der Waals surface area contributed by atoms with E-state index in [1.165, 1.54) is 7.11 Å². The summed E-state index contributed by atoms with van der Waals surface area (Å²) in [5.41, 5.74) is 1.03. The molecule has 1 rings (SSSR count). The molecule has 2 atom stereocenters. The lowest BCUT2D eigenvalue weighted by molar-refractivity contribution is -0.142. The number of nitrogens with one attached hydrogen (secondary N) is 1. The molecule has 0 aliphatic heterocycles. The zero-order valence-electron chi connectivity index (χ0n) is 13.9. The van der Waals surface area contributed by atoms with Gasteiger partial charge in [-0.15, -0.1) is 0 Å². The maximum Gasteiger partial charge on any atom is 0.326 e. The van der Waals surface area contributed by atoms with Crippen LogP contribution >= 0.6 is 0 Å². The number of benzene rings is 1. The third-order valence-corrected chi connectivity index (χ3v) is 3.54. The maximum atomic E-state index is 12.0. The molecule has 1 amide bonds. The number of hydrogen-bond donors (Lipinski definition) is 2. The minimum Gasteiger partial charge on any atom is -0.496 e. The molecule has 0 fully saturated rings. The first-order chi connectivity index (χ1) is 11.0. The van der Waals surface area contributed by atoms with Gasteiger partial charge in [0.05, 0.1) is 7.11 Å². The number of para-hydroxylation sites is 1. The molecule has 6 nitrogen and oxygen atoms in total. The van der Waals surface area contributed by atoms with E-state index in [-0.39, 0.29) is 31.3 Å². The zero-order chi connectivity index (χ0) is 17.2. The van der Waals surface area contributed by atoms with Gasteiger partial charge in [-0.1, -0.05) is 25.1 Å². The Morgan fingerprint density at radius 3 is 2.57 bits per heavy atom. The first-order valence-electron chi connectivity index (χ1n) is 7.61. The van der Waals surface area contributed by atoms with Crippen LogP contribution in [0, 0.1) is 5.92 Å². The summed E-state index contributed by atoms with van der Waals surface area (Å²) in [6, 6.07) is 6.75. The van der Waals surface area contributed by atoms with Crippen molar-refractivity contribution in [1.82, 2.24) is 5.32 Å². The summed E-state index contributed by atoms with van der Waals surface area (Å²) in [5.74, 6) is -0.449. The van der Waals surface area contributed by atoms with Crippen LogP contribution in [-0.4, -0.2) is 43.9 Å². The first-order valence-corrected chi connectivity index (χ1v) is 7.61. The van der Waals surface area contributed by atoms with E-state index < -0.39 is 12.0 Å². The topological polar surface area (TPSA) is 84.9 Å².